The summed E-state index contributed by atoms with van der Waals surface area (Å²) < 4.78 is 11.4. The van der Waals surface area contributed by atoms with Crippen molar-refractivity contribution in [3.63, 3.8) is 0 Å². The topological polar surface area (TPSA) is 38.8 Å². The Balaban J connectivity index is 2.15. The number of amides is 1. The third kappa shape index (κ3) is 2.95. The van der Waals surface area contributed by atoms with Gasteiger partial charge in [-0.15, -0.1) is 11.3 Å². The van der Waals surface area contributed by atoms with Crippen LogP contribution in [0.2, 0.25) is 0 Å². The summed E-state index contributed by atoms with van der Waals surface area (Å²) in [5.41, 5.74) is 0. The predicted molar refractivity (Wildman–Crippen MR) is 79.2 cm³/mol. The van der Waals surface area contributed by atoms with Crippen molar-refractivity contribution in [3.05, 3.63) is 14.2 Å². The Bertz CT molecular complexity index is 475. The highest BCUT2D eigenvalue weighted by atomic mass is 79.9. The molecule has 1 aliphatic heterocycles. The zero-order valence-corrected chi connectivity index (χ0v) is 13.8. The predicted octanol–water partition coefficient (Wildman–Crippen LogP) is 2.94. The third-order valence-corrected chi connectivity index (χ3v) is 5.64. The van der Waals surface area contributed by atoms with Crippen LogP contribution in [-0.2, 0) is 4.74 Å². The molecule has 1 amide bonds. The van der Waals surface area contributed by atoms with E-state index in [1.54, 1.807) is 14.2 Å². The number of methoxy groups -OCH3 is 2. The van der Waals surface area contributed by atoms with Crippen LogP contribution in [0.3, 0.4) is 0 Å². The molecule has 1 saturated heterocycles. The number of carbonyl (C=O) groups is 1. The molecule has 1 aliphatic rings. The molecule has 1 aromatic heterocycles. The molecule has 1 fully saturated rings. The molecule has 4 nitrogen and oxygen atoms in total. The Kier molecular flexibility index (Phi) is 4.86. The molecule has 0 unspecified atom stereocenters. The lowest BCUT2D eigenvalue weighted by molar-refractivity contribution is 0.0777. The second kappa shape index (κ2) is 6.24. The number of hydrogen-bond acceptors (Lipinski definition) is 4. The number of halogens is 1. The Morgan fingerprint density at radius 1 is 1.53 bits per heavy atom. The first-order valence-corrected chi connectivity index (χ1v) is 7.80. The number of thiophene rings is 1. The lowest BCUT2D eigenvalue weighted by Crippen LogP contribution is -2.28. The zero-order chi connectivity index (χ0) is 14.0. The average Bonchev–Trinajstić information content (AvgIpc) is 2.96. The van der Waals surface area contributed by atoms with Crippen LogP contribution in [0.5, 0.6) is 5.75 Å². The van der Waals surface area contributed by atoms with E-state index in [9.17, 15) is 4.79 Å². The average molecular weight is 348 g/mol. The fourth-order valence-electron chi connectivity index (χ4n) is 2.36. The van der Waals surface area contributed by atoms with Gasteiger partial charge in [0.25, 0.3) is 5.91 Å². The van der Waals surface area contributed by atoms with Crippen molar-refractivity contribution < 1.29 is 14.3 Å². The van der Waals surface area contributed by atoms with Gasteiger partial charge in [-0.05, 0) is 29.3 Å². The van der Waals surface area contributed by atoms with E-state index in [-0.39, 0.29) is 5.91 Å². The van der Waals surface area contributed by atoms with Gasteiger partial charge in [-0.3, -0.25) is 4.79 Å². The quantitative estimate of drug-likeness (QED) is 0.840. The summed E-state index contributed by atoms with van der Waals surface area (Å²) in [4.78, 5) is 16.2. The first-order chi connectivity index (χ1) is 9.08. The first kappa shape index (κ1) is 14.8. The van der Waals surface area contributed by atoms with Gasteiger partial charge in [0.2, 0.25) is 0 Å². The van der Waals surface area contributed by atoms with Crippen molar-refractivity contribution >= 4 is 33.2 Å². The van der Waals surface area contributed by atoms with Crippen LogP contribution in [0, 0.1) is 12.8 Å². The molecule has 2 rings (SSSR count). The van der Waals surface area contributed by atoms with Crippen LogP contribution in [0.15, 0.2) is 4.47 Å². The number of nitrogens with zero attached hydrogens (tertiary/aromatic N) is 1. The molecule has 0 N–H and O–H groups in total. The largest absolute Gasteiger partial charge is 0.494 e. The van der Waals surface area contributed by atoms with Gasteiger partial charge >= 0.3 is 0 Å². The van der Waals surface area contributed by atoms with Gasteiger partial charge in [-0.25, -0.2) is 0 Å². The minimum absolute atomic E-state index is 0.0641. The van der Waals surface area contributed by atoms with Crippen LogP contribution < -0.4 is 4.74 Å². The molecule has 106 valence electrons. The molecule has 0 aromatic carbocycles. The zero-order valence-electron chi connectivity index (χ0n) is 11.4. The van der Waals surface area contributed by atoms with E-state index >= 15 is 0 Å². The molecular formula is C13H18BrNO3S. The van der Waals surface area contributed by atoms with E-state index in [4.69, 9.17) is 9.47 Å². The van der Waals surface area contributed by atoms with Crippen molar-refractivity contribution in [1.82, 2.24) is 4.90 Å². The van der Waals surface area contributed by atoms with Crippen LogP contribution in [-0.4, -0.2) is 44.7 Å². The number of ether oxygens (including phenoxy) is 2. The van der Waals surface area contributed by atoms with E-state index in [0.717, 1.165) is 28.9 Å². The highest BCUT2D eigenvalue weighted by Gasteiger charge is 2.30. The second-order valence-corrected chi connectivity index (χ2v) is 6.71. The maximum atomic E-state index is 12.5. The summed E-state index contributed by atoms with van der Waals surface area (Å²) in [6.45, 7) is 4.26. The summed E-state index contributed by atoms with van der Waals surface area (Å²) >= 11 is 4.95. The molecule has 0 bridgehead atoms. The van der Waals surface area contributed by atoms with Crippen molar-refractivity contribution in [2.45, 2.75) is 13.3 Å². The van der Waals surface area contributed by atoms with Crippen molar-refractivity contribution in [2.75, 3.05) is 33.9 Å². The van der Waals surface area contributed by atoms with Crippen molar-refractivity contribution in [2.24, 2.45) is 5.92 Å². The lowest BCUT2D eigenvalue weighted by Gasteiger charge is -2.16. The van der Waals surface area contributed by atoms with E-state index < -0.39 is 0 Å². The molecule has 0 saturated carbocycles. The summed E-state index contributed by atoms with van der Waals surface area (Å²) in [6.07, 6.45) is 1.01. The molecule has 19 heavy (non-hydrogen) atoms. The number of likely N-dealkylation sites (tertiary alicyclic amines) is 1. The normalized spacial score (nSPS) is 18.9. The molecule has 0 radical (unpaired) electrons. The van der Waals surface area contributed by atoms with Gasteiger partial charge in [0.15, 0.2) is 5.75 Å². The van der Waals surface area contributed by atoms with Gasteiger partial charge in [0.05, 0.1) is 18.2 Å². The maximum absolute atomic E-state index is 12.5. The molecule has 6 heteroatoms. The number of carbonyl (C=O) groups excluding carboxylic acids is 1. The first-order valence-electron chi connectivity index (χ1n) is 6.19. The third-order valence-electron chi connectivity index (χ3n) is 3.34. The number of hydrogen-bond donors (Lipinski definition) is 0. The van der Waals surface area contributed by atoms with Crippen LogP contribution >= 0.6 is 27.3 Å². The lowest BCUT2D eigenvalue weighted by atomic mass is 10.1. The highest BCUT2D eigenvalue weighted by Crippen LogP contribution is 2.40. The molecule has 1 atom stereocenters. The van der Waals surface area contributed by atoms with Crippen LogP contribution in [0.1, 0.15) is 21.0 Å². The summed E-state index contributed by atoms with van der Waals surface area (Å²) in [6, 6.07) is 0. The van der Waals surface area contributed by atoms with Gasteiger partial charge in [0.1, 0.15) is 4.88 Å². The minimum Gasteiger partial charge on any atom is -0.494 e. The maximum Gasteiger partial charge on any atom is 0.267 e. The van der Waals surface area contributed by atoms with E-state index in [1.807, 2.05) is 11.8 Å². The summed E-state index contributed by atoms with van der Waals surface area (Å²) in [5.74, 6) is 1.17. The summed E-state index contributed by atoms with van der Waals surface area (Å²) in [5, 5.41) is 0. The molecule has 2 heterocycles. The Morgan fingerprint density at radius 3 is 2.89 bits per heavy atom. The van der Waals surface area contributed by atoms with E-state index in [2.05, 4.69) is 15.9 Å². The van der Waals surface area contributed by atoms with Gasteiger partial charge < -0.3 is 14.4 Å². The van der Waals surface area contributed by atoms with Crippen LogP contribution in [0.4, 0.5) is 0 Å². The van der Waals surface area contributed by atoms with E-state index in [1.165, 1.54) is 11.3 Å². The monoisotopic (exact) mass is 347 g/mol. The number of rotatable bonds is 4. The Morgan fingerprint density at radius 2 is 2.26 bits per heavy atom. The fourth-order valence-corrected chi connectivity index (χ4v) is 4.08. The highest BCUT2D eigenvalue weighted by molar-refractivity contribution is 9.10. The number of aryl methyl sites for hydroxylation is 1. The summed E-state index contributed by atoms with van der Waals surface area (Å²) in [7, 11) is 3.30. The van der Waals surface area contributed by atoms with Gasteiger partial charge in [-0.1, -0.05) is 0 Å². The Hall–Kier alpha value is -0.590. The molecule has 1 aromatic rings. The standard InChI is InChI=1S/C13H18BrNO3S/c1-8-10(14)11(18-3)12(19-8)13(16)15-5-4-9(6-15)7-17-2/h9H,4-7H2,1-3H3/t9-/m1/s1. The SMILES string of the molecule is COC[C@@H]1CCN(C(=O)c2sc(C)c(Br)c2OC)C1. The minimum atomic E-state index is 0.0641. The van der Waals surface area contributed by atoms with Gasteiger partial charge in [0, 0.05) is 31.0 Å². The second-order valence-electron chi connectivity index (χ2n) is 4.70. The van der Waals surface area contributed by atoms with E-state index in [0.29, 0.717) is 23.2 Å². The van der Waals surface area contributed by atoms with Crippen LogP contribution in [0.25, 0.3) is 0 Å². The molecule has 0 aliphatic carbocycles. The van der Waals surface area contributed by atoms with Gasteiger partial charge in [-0.2, -0.15) is 0 Å². The van der Waals surface area contributed by atoms with Crippen molar-refractivity contribution in [1.29, 1.82) is 0 Å². The molecular weight excluding hydrogens is 330 g/mol. The molecule has 0 spiro atoms. The fraction of sp³-hybridized carbons (Fsp3) is 0.615. The Labute approximate surface area is 125 Å². The van der Waals surface area contributed by atoms with Crippen molar-refractivity contribution in [3.8, 4) is 5.75 Å². The smallest absolute Gasteiger partial charge is 0.267 e.